The predicted molar refractivity (Wildman–Crippen MR) is 85.7 cm³/mol. The molecule has 0 amide bonds. The first kappa shape index (κ1) is 15.6. The zero-order valence-corrected chi connectivity index (χ0v) is 13.4. The Balaban J connectivity index is 1.96. The Hall–Kier alpha value is -0.770. The minimum absolute atomic E-state index is 0.277. The molecule has 0 aromatic heterocycles. The second-order valence-corrected chi connectivity index (χ2v) is 6.21. The Morgan fingerprint density at radius 2 is 2.15 bits per heavy atom. The van der Waals surface area contributed by atoms with E-state index >= 15 is 0 Å². The lowest BCUT2D eigenvalue weighted by molar-refractivity contribution is 0.0846. The Bertz CT molecular complexity index is 432. The van der Waals surface area contributed by atoms with Crippen LogP contribution in [0.25, 0.3) is 0 Å². The van der Waals surface area contributed by atoms with E-state index in [-0.39, 0.29) is 6.10 Å². The van der Waals surface area contributed by atoms with Crippen LogP contribution in [-0.4, -0.2) is 32.3 Å². The molecule has 2 rings (SSSR count). The van der Waals surface area contributed by atoms with Gasteiger partial charge in [-0.1, -0.05) is 17.7 Å². The lowest BCUT2D eigenvalue weighted by Gasteiger charge is -2.23. The van der Waals surface area contributed by atoms with Crippen molar-refractivity contribution >= 4 is 17.3 Å². The van der Waals surface area contributed by atoms with Crippen LogP contribution in [0.2, 0.25) is 5.02 Å². The van der Waals surface area contributed by atoms with Crippen LogP contribution in [-0.2, 0) is 11.3 Å². The van der Waals surface area contributed by atoms with Crippen molar-refractivity contribution in [1.82, 2.24) is 5.32 Å². The van der Waals surface area contributed by atoms with Gasteiger partial charge in [-0.15, -0.1) is 0 Å². The Morgan fingerprint density at radius 1 is 1.40 bits per heavy atom. The van der Waals surface area contributed by atoms with E-state index in [1.54, 1.807) is 0 Å². The number of nitrogens with one attached hydrogen (secondary N) is 1. The second kappa shape index (κ2) is 7.30. The van der Waals surface area contributed by atoms with Crippen LogP contribution >= 0.6 is 11.6 Å². The van der Waals surface area contributed by atoms with Gasteiger partial charge in [0.25, 0.3) is 0 Å². The Morgan fingerprint density at radius 3 is 2.80 bits per heavy atom. The normalized spacial score (nSPS) is 14.8. The van der Waals surface area contributed by atoms with E-state index in [4.69, 9.17) is 16.3 Å². The summed E-state index contributed by atoms with van der Waals surface area (Å²) in [6, 6.07) is 6.84. The maximum absolute atomic E-state index is 6.14. The number of nitrogens with zero attached hydrogens (tertiary/aromatic N) is 1. The molecule has 20 heavy (non-hydrogen) atoms. The highest BCUT2D eigenvalue weighted by molar-refractivity contribution is 6.30. The van der Waals surface area contributed by atoms with Crippen molar-refractivity contribution in [3.8, 4) is 0 Å². The van der Waals surface area contributed by atoms with Crippen LogP contribution in [0.1, 0.15) is 32.3 Å². The topological polar surface area (TPSA) is 24.5 Å². The highest BCUT2D eigenvalue weighted by atomic mass is 35.5. The molecule has 0 spiro atoms. The van der Waals surface area contributed by atoms with Crippen LogP contribution in [0.15, 0.2) is 18.2 Å². The first-order chi connectivity index (χ1) is 9.56. The van der Waals surface area contributed by atoms with Gasteiger partial charge < -0.3 is 15.0 Å². The molecule has 1 aliphatic carbocycles. The number of hydrogen-bond acceptors (Lipinski definition) is 3. The van der Waals surface area contributed by atoms with E-state index in [2.05, 4.69) is 37.2 Å². The molecular weight excluding hydrogens is 272 g/mol. The first-order valence-electron chi connectivity index (χ1n) is 7.41. The fourth-order valence-corrected chi connectivity index (χ4v) is 2.30. The van der Waals surface area contributed by atoms with Gasteiger partial charge in [-0.3, -0.25) is 0 Å². The van der Waals surface area contributed by atoms with Crippen LogP contribution in [0.4, 0.5) is 5.69 Å². The summed E-state index contributed by atoms with van der Waals surface area (Å²) in [6.07, 6.45) is 2.89. The number of anilines is 1. The van der Waals surface area contributed by atoms with Crippen molar-refractivity contribution in [2.45, 2.75) is 45.4 Å². The Labute approximate surface area is 127 Å². The third-order valence-corrected chi connectivity index (χ3v) is 3.73. The van der Waals surface area contributed by atoms with E-state index in [1.807, 2.05) is 12.1 Å². The lowest BCUT2D eigenvalue weighted by atomic mass is 10.1. The molecule has 0 unspecified atom stereocenters. The summed E-state index contributed by atoms with van der Waals surface area (Å²) in [6.45, 7) is 6.63. The van der Waals surface area contributed by atoms with E-state index in [0.717, 1.165) is 24.7 Å². The number of hydrogen-bond donors (Lipinski definition) is 1. The van der Waals surface area contributed by atoms with Gasteiger partial charge in [-0.25, -0.2) is 0 Å². The summed E-state index contributed by atoms with van der Waals surface area (Å²) in [5.41, 5.74) is 2.49. The van der Waals surface area contributed by atoms with Gasteiger partial charge in [-0.2, -0.15) is 0 Å². The quantitative estimate of drug-likeness (QED) is 0.795. The fraction of sp³-hybridized carbons (Fsp3) is 0.625. The van der Waals surface area contributed by atoms with Crippen molar-refractivity contribution in [1.29, 1.82) is 0 Å². The summed E-state index contributed by atoms with van der Waals surface area (Å²) in [7, 11) is 2.09. The summed E-state index contributed by atoms with van der Waals surface area (Å²) in [5.74, 6) is 0. The van der Waals surface area contributed by atoms with Crippen molar-refractivity contribution in [2.75, 3.05) is 25.1 Å². The summed E-state index contributed by atoms with van der Waals surface area (Å²) >= 11 is 6.14. The SMILES string of the molecule is CC(C)OCCN(C)c1cc(Cl)ccc1CNC1CC1. The molecule has 0 saturated heterocycles. The molecule has 1 N–H and O–H groups in total. The molecule has 0 aliphatic heterocycles. The van der Waals surface area contributed by atoms with Crippen LogP contribution in [0.3, 0.4) is 0 Å². The lowest BCUT2D eigenvalue weighted by Crippen LogP contribution is -2.26. The molecule has 1 aromatic carbocycles. The number of rotatable bonds is 8. The van der Waals surface area contributed by atoms with Gasteiger partial charge in [0.2, 0.25) is 0 Å². The highest BCUT2D eigenvalue weighted by Gasteiger charge is 2.20. The molecule has 3 nitrogen and oxygen atoms in total. The minimum atomic E-state index is 0.277. The van der Waals surface area contributed by atoms with Gasteiger partial charge in [0.1, 0.15) is 0 Å². The van der Waals surface area contributed by atoms with Gasteiger partial charge in [0.05, 0.1) is 12.7 Å². The molecule has 1 saturated carbocycles. The van der Waals surface area contributed by atoms with Crippen LogP contribution < -0.4 is 10.2 Å². The number of benzene rings is 1. The number of likely N-dealkylation sites (N-methyl/N-ethyl adjacent to an activating group) is 1. The molecule has 0 atom stereocenters. The second-order valence-electron chi connectivity index (χ2n) is 5.77. The smallest absolute Gasteiger partial charge is 0.0644 e. The zero-order valence-electron chi connectivity index (χ0n) is 12.7. The molecule has 1 aliphatic rings. The summed E-state index contributed by atoms with van der Waals surface area (Å²) < 4.78 is 5.62. The van der Waals surface area contributed by atoms with Crippen molar-refractivity contribution < 1.29 is 4.74 Å². The van der Waals surface area contributed by atoms with E-state index < -0.39 is 0 Å². The first-order valence-corrected chi connectivity index (χ1v) is 7.78. The fourth-order valence-electron chi connectivity index (χ4n) is 2.13. The molecule has 0 heterocycles. The summed E-state index contributed by atoms with van der Waals surface area (Å²) in [5, 5.41) is 4.35. The van der Waals surface area contributed by atoms with E-state index in [9.17, 15) is 0 Å². The van der Waals surface area contributed by atoms with E-state index in [1.165, 1.54) is 24.1 Å². The van der Waals surface area contributed by atoms with Crippen molar-refractivity contribution in [2.24, 2.45) is 0 Å². The van der Waals surface area contributed by atoms with Gasteiger partial charge in [-0.05, 0) is 44.4 Å². The van der Waals surface area contributed by atoms with Gasteiger partial charge in [0, 0.05) is 36.9 Å². The maximum atomic E-state index is 6.14. The van der Waals surface area contributed by atoms with Gasteiger partial charge >= 0.3 is 0 Å². The third-order valence-electron chi connectivity index (χ3n) is 3.50. The monoisotopic (exact) mass is 296 g/mol. The third kappa shape index (κ3) is 4.97. The maximum Gasteiger partial charge on any atom is 0.0644 e. The largest absolute Gasteiger partial charge is 0.377 e. The average Bonchev–Trinajstić information content (AvgIpc) is 3.20. The molecule has 1 fully saturated rings. The van der Waals surface area contributed by atoms with Crippen molar-refractivity contribution in [3.05, 3.63) is 28.8 Å². The molecule has 112 valence electrons. The molecule has 1 aromatic rings. The Kier molecular flexibility index (Phi) is 5.70. The molecular formula is C16H25ClN2O. The average molecular weight is 297 g/mol. The highest BCUT2D eigenvalue weighted by Crippen LogP contribution is 2.26. The molecule has 4 heteroatoms. The van der Waals surface area contributed by atoms with Crippen LogP contribution in [0, 0.1) is 0 Å². The molecule has 0 bridgehead atoms. The zero-order chi connectivity index (χ0) is 14.5. The summed E-state index contributed by atoms with van der Waals surface area (Å²) in [4.78, 5) is 2.22. The van der Waals surface area contributed by atoms with E-state index in [0.29, 0.717) is 6.04 Å². The number of ether oxygens (including phenoxy) is 1. The predicted octanol–water partition coefficient (Wildman–Crippen LogP) is 3.45. The minimum Gasteiger partial charge on any atom is -0.377 e. The number of halogens is 1. The van der Waals surface area contributed by atoms with Gasteiger partial charge in [0.15, 0.2) is 0 Å². The standard InChI is InChI=1S/C16H25ClN2O/c1-12(2)20-9-8-19(3)16-10-14(17)5-4-13(16)11-18-15-6-7-15/h4-5,10,12,15,18H,6-9,11H2,1-3H3. The van der Waals surface area contributed by atoms with Crippen molar-refractivity contribution in [3.63, 3.8) is 0 Å². The van der Waals surface area contributed by atoms with Crippen LogP contribution in [0.5, 0.6) is 0 Å². The molecule has 0 radical (unpaired) electrons.